The molecule has 0 aliphatic heterocycles. The van der Waals surface area contributed by atoms with E-state index >= 15 is 0 Å². The van der Waals surface area contributed by atoms with Gasteiger partial charge in [-0.15, -0.1) is 0 Å². The van der Waals surface area contributed by atoms with Gasteiger partial charge in [-0.2, -0.15) is 0 Å². The van der Waals surface area contributed by atoms with E-state index in [0.29, 0.717) is 0 Å². The summed E-state index contributed by atoms with van der Waals surface area (Å²) in [6.45, 7) is 9.30. The van der Waals surface area contributed by atoms with Gasteiger partial charge in [-0.05, 0) is 0 Å². The molecule has 0 amide bonds. The van der Waals surface area contributed by atoms with Gasteiger partial charge in [0.05, 0.1) is 0 Å². The second kappa shape index (κ2) is 11.0. The van der Waals surface area contributed by atoms with Crippen molar-refractivity contribution in [2.75, 3.05) is 0 Å². The molecule has 0 saturated carbocycles. The molecular weight excluding hydrogens is 508 g/mol. The third-order valence-electron chi connectivity index (χ3n) is 6.63. The van der Waals surface area contributed by atoms with Gasteiger partial charge in [-0.25, -0.2) is 0 Å². The Kier molecular flexibility index (Phi) is 7.97. The Labute approximate surface area is 216 Å². The van der Waals surface area contributed by atoms with E-state index in [1.54, 1.807) is 0 Å². The van der Waals surface area contributed by atoms with E-state index < -0.39 is 21.1 Å². The molecule has 2 nitrogen and oxygen atoms in total. The monoisotopic (exact) mass is 542 g/mol. The zero-order chi connectivity index (χ0) is 24.8. The first-order chi connectivity index (χ1) is 16.8. The molecule has 4 aromatic rings. The van der Waals surface area contributed by atoms with E-state index in [-0.39, 0.29) is 10.8 Å². The number of rotatable bonds is 10. The molecular formula is C32H36O2Zr. The number of para-hydroxylation sites is 2. The van der Waals surface area contributed by atoms with Crippen molar-refractivity contribution >= 4 is 0 Å². The Hall–Kier alpha value is -2.64. The van der Waals surface area contributed by atoms with Crippen LogP contribution in [0.1, 0.15) is 38.8 Å². The van der Waals surface area contributed by atoms with Crippen LogP contribution >= 0.6 is 0 Å². The Bertz CT molecular complexity index is 1080. The summed E-state index contributed by atoms with van der Waals surface area (Å²) in [7, 11) is 0. The molecule has 0 aliphatic rings. The maximum atomic E-state index is 7.11. The Morgan fingerprint density at radius 1 is 0.457 bits per heavy atom. The topological polar surface area (TPSA) is 18.5 Å². The van der Waals surface area contributed by atoms with E-state index in [2.05, 4.69) is 113 Å². The molecule has 0 unspecified atom stereocenters. The summed E-state index contributed by atoms with van der Waals surface area (Å²) in [5.41, 5.74) is 2.42. The van der Waals surface area contributed by atoms with Crippen LogP contribution in [0.4, 0.5) is 0 Å². The van der Waals surface area contributed by atoms with Crippen LogP contribution in [0.15, 0.2) is 121 Å². The van der Waals surface area contributed by atoms with Crippen LogP contribution in [0.25, 0.3) is 0 Å². The zero-order valence-electron chi connectivity index (χ0n) is 21.3. The van der Waals surface area contributed by atoms with Gasteiger partial charge >= 0.3 is 218 Å². The molecule has 0 heterocycles. The predicted octanol–water partition coefficient (Wildman–Crippen LogP) is 8.92. The van der Waals surface area contributed by atoms with Crippen molar-refractivity contribution in [3.8, 4) is 11.5 Å². The molecule has 35 heavy (non-hydrogen) atoms. The Morgan fingerprint density at radius 2 is 0.743 bits per heavy atom. The van der Waals surface area contributed by atoms with Gasteiger partial charge in [0, 0.05) is 0 Å². The molecule has 0 aliphatic carbocycles. The first-order valence-electron chi connectivity index (χ1n) is 12.4. The van der Waals surface area contributed by atoms with E-state index in [1.807, 2.05) is 36.4 Å². The second-order valence-electron chi connectivity index (χ2n) is 10.6. The van der Waals surface area contributed by atoms with Crippen LogP contribution in [-0.2, 0) is 32.0 Å². The van der Waals surface area contributed by atoms with Gasteiger partial charge in [0.25, 0.3) is 0 Å². The van der Waals surface area contributed by atoms with Gasteiger partial charge in [0.15, 0.2) is 0 Å². The van der Waals surface area contributed by atoms with Crippen LogP contribution in [0, 0.1) is 0 Å². The third-order valence-corrected chi connectivity index (χ3v) is 16.6. The Balaban J connectivity index is 1.81. The summed E-state index contributed by atoms with van der Waals surface area (Å²) in [6, 6.07) is 42.0. The van der Waals surface area contributed by atoms with Crippen molar-refractivity contribution in [1.29, 1.82) is 0 Å². The van der Waals surface area contributed by atoms with Gasteiger partial charge in [0.2, 0.25) is 0 Å². The minimum atomic E-state index is -3.94. The third kappa shape index (κ3) is 6.74. The van der Waals surface area contributed by atoms with Crippen molar-refractivity contribution in [2.24, 2.45) is 0 Å². The minimum absolute atomic E-state index is 0.104. The summed E-state index contributed by atoms with van der Waals surface area (Å²) in [4.78, 5) is 0. The quantitative estimate of drug-likeness (QED) is 0.199. The van der Waals surface area contributed by atoms with E-state index in [9.17, 15) is 0 Å². The fourth-order valence-corrected chi connectivity index (χ4v) is 16.5. The van der Waals surface area contributed by atoms with Gasteiger partial charge in [-0.3, -0.25) is 0 Å². The summed E-state index contributed by atoms with van der Waals surface area (Å²) in [5.74, 6) is 1.79. The van der Waals surface area contributed by atoms with Crippen molar-refractivity contribution in [2.45, 2.75) is 46.8 Å². The van der Waals surface area contributed by atoms with Crippen molar-refractivity contribution < 1.29 is 26.8 Å². The van der Waals surface area contributed by atoms with Gasteiger partial charge in [0.1, 0.15) is 0 Å². The van der Waals surface area contributed by atoms with Crippen molar-refractivity contribution in [1.82, 2.24) is 0 Å². The van der Waals surface area contributed by atoms with E-state index in [4.69, 9.17) is 5.63 Å². The maximum absolute atomic E-state index is 7.11. The molecule has 180 valence electrons. The molecule has 3 heteroatoms. The molecule has 0 spiro atoms. The van der Waals surface area contributed by atoms with Gasteiger partial charge in [-0.1, -0.05) is 0 Å². The van der Waals surface area contributed by atoms with E-state index in [0.717, 1.165) is 19.8 Å². The Morgan fingerprint density at radius 3 is 1.06 bits per heavy atom. The molecule has 4 rings (SSSR count). The van der Waals surface area contributed by atoms with Crippen molar-refractivity contribution in [3.63, 3.8) is 0 Å². The second-order valence-corrected chi connectivity index (χ2v) is 17.8. The summed E-state index contributed by atoms with van der Waals surface area (Å²) >= 11 is -3.94. The predicted molar refractivity (Wildman–Crippen MR) is 143 cm³/mol. The molecule has 4 aromatic carbocycles. The number of hydrogen-bond acceptors (Lipinski definition) is 2. The van der Waals surface area contributed by atoms with Crippen LogP contribution in [0.3, 0.4) is 0 Å². The molecule has 0 N–H and O–H groups in total. The normalized spacial score (nSPS) is 12.2. The SMILES string of the molecule is CC(C)([CH2][Zr]([CH2]C(C)(C)c1ccccc1)([O]c1ccccc1)[O]c1ccccc1)c1ccccc1. The molecule has 0 aromatic heterocycles. The average Bonchev–Trinajstić information content (AvgIpc) is 2.86. The molecule has 0 bridgehead atoms. The molecule has 0 saturated heterocycles. The van der Waals surface area contributed by atoms with Crippen molar-refractivity contribution in [3.05, 3.63) is 132 Å². The van der Waals surface area contributed by atoms with Crippen LogP contribution in [0.5, 0.6) is 11.5 Å². The first kappa shape index (κ1) is 25.5. The standard InChI is InChI=1S/2C10H13.2C6H6O.Zr/c2*1-10(2,3)9-7-5-4-6-8-9;2*7-6-4-2-1-3-5-6;/h2*4-8H,1H2,2-3H3;2*1-5,7H;/q;;;;+2/p-2. The number of hydrogen-bond donors (Lipinski definition) is 0. The average molecular weight is 544 g/mol. The van der Waals surface area contributed by atoms with Crippen LogP contribution < -0.4 is 5.63 Å². The summed E-state index contributed by atoms with van der Waals surface area (Å²) in [6.07, 6.45) is 0. The fourth-order valence-electron chi connectivity index (χ4n) is 4.96. The first-order valence-corrected chi connectivity index (χ1v) is 17.9. The fraction of sp³-hybridized carbons (Fsp3) is 0.250. The summed E-state index contributed by atoms with van der Waals surface area (Å²) in [5, 5.41) is 0. The molecule has 0 fully saturated rings. The van der Waals surface area contributed by atoms with Crippen LogP contribution in [0.2, 0.25) is 8.26 Å². The van der Waals surface area contributed by atoms with Gasteiger partial charge < -0.3 is 0 Å². The zero-order valence-corrected chi connectivity index (χ0v) is 23.7. The van der Waals surface area contributed by atoms with Crippen LogP contribution in [-0.4, -0.2) is 0 Å². The molecule has 0 radical (unpaired) electrons. The molecule has 0 atom stereocenters. The summed E-state index contributed by atoms with van der Waals surface area (Å²) < 4.78 is 16.0. The van der Waals surface area contributed by atoms with E-state index in [1.165, 1.54) is 11.1 Å². The number of benzene rings is 4.